The van der Waals surface area contributed by atoms with Gasteiger partial charge in [0.15, 0.2) is 0 Å². The maximum atomic E-state index is 13.5. The maximum Gasteiger partial charge on any atom is 0.259 e. The minimum Gasteiger partial charge on any atom is -0.376 e. The molecule has 0 radical (unpaired) electrons. The minimum absolute atomic E-state index is 0.0549. The summed E-state index contributed by atoms with van der Waals surface area (Å²) in [6, 6.07) is 8.67. The lowest BCUT2D eigenvalue weighted by Crippen LogP contribution is -2.57. The Labute approximate surface area is 225 Å². The number of hydrogen-bond acceptors (Lipinski definition) is 6. The summed E-state index contributed by atoms with van der Waals surface area (Å²) in [5.41, 5.74) is -0.509. The SMILES string of the molecule is CCCCC/C=C\[C@@H]1C[C@]1(NC(=O)[C@@H]1CCCN1C(=O)CNc1ccccc1)C(=O)NS(=O)(=O)C1(C)CC1. The summed E-state index contributed by atoms with van der Waals surface area (Å²) >= 11 is 0. The molecule has 3 fully saturated rings. The molecule has 1 aromatic rings. The van der Waals surface area contributed by atoms with E-state index >= 15 is 0 Å². The van der Waals surface area contributed by atoms with Gasteiger partial charge in [0.25, 0.3) is 5.91 Å². The number of para-hydroxylation sites is 1. The molecule has 1 heterocycles. The number of nitrogens with one attached hydrogen (secondary N) is 3. The molecule has 1 saturated heterocycles. The van der Waals surface area contributed by atoms with E-state index in [0.717, 1.165) is 31.4 Å². The summed E-state index contributed by atoms with van der Waals surface area (Å²) in [5.74, 6) is -1.59. The number of hydrogen-bond donors (Lipinski definition) is 3. The van der Waals surface area contributed by atoms with Crippen LogP contribution in [-0.4, -0.2) is 60.5 Å². The molecular weight excluding hydrogens is 504 g/mol. The van der Waals surface area contributed by atoms with Crippen LogP contribution in [0.15, 0.2) is 42.5 Å². The average molecular weight is 545 g/mol. The molecule has 1 aliphatic heterocycles. The monoisotopic (exact) mass is 544 g/mol. The molecule has 2 aliphatic carbocycles. The van der Waals surface area contributed by atoms with E-state index < -0.39 is 38.2 Å². The van der Waals surface area contributed by atoms with Crippen LogP contribution in [-0.2, 0) is 24.4 Å². The summed E-state index contributed by atoms with van der Waals surface area (Å²) < 4.78 is 26.9. The second kappa shape index (κ2) is 11.5. The van der Waals surface area contributed by atoms with E-state index in [0.29, 0.717) is 38.6 Å². The fourth-order valence-electron chi connectivity index (χ4n) is 5.01. The van der Waals surface area contributed by atoms with Crippen molar-refractivity contribution in [3.63, 3.8) is 0 Å². The van der Waals surface area contributed by atoms with Gasteiger partial charge in [0.1, 0.15) is 11.6 Å². The first-order valence-electron chi connectivity index (χ1n) is 13.8. The quantitative estimate of drug-likeness (QED) is 0.259. The van der Waals surface area contributed by atoms with Gasteiger partial charge in [0, 0.05) is 18.2 Å². The van der Waals surface area contributed by atoms with Gasteiger partial charge in [0.05, 0.1) is 11.3 Å². The molecule has 10 heteroatoms. The van der Waals surface area contributed by atoms with Gasteiger partial charge >= 0.3 is 0 Å². The van der Waals surface area contributed by atoms with Gasteiger partial charge in [-0.1, -0.05) is 50.1 Å². The summed E-state index contributed by atoms with van der Waals surface area (Å²) in [7, 11) is -3.85. The third kappa shape index (κ3) is 6.22. The number of sulfonamides is 1. The van der Waals surface area contributed by atoms with Gasteiger partial charge < -0.3 is 15.5 Å². The van der Waals surface area contributed by atoms with Crippen molar-refractivity contribution in [1.29, 1.82) is 0 Å². The Kier molecular flexibility index (Phi) is 8.49. The molecule has 9 nitrogen and oxygen atoms in total. The van der Waals surface area contributed by atoms with Crippen molar-refractivity contribution in [3.8, 4) is 0 Å². The topological polar surface area (TPSA) is 125 Å². The zero-order valence-corrected chi connectivity index (χ0v) is 23.2. The number of unbranched alkanes of at least 4 members (excludes halogenated alkanes) is 3. The van der Waals surface area contributed by atoms with E-state index in [1.807, 2.05) is 42.5 Å². The van der Waals surface area contributed by atoms with Gasteiger partial charge in [-0.3, -0.25) is 19.1 Å². The van der Waals surface area contributed by atoms with E-state index in [4.69, 9.17) is 0 Å². The number of rotatable bonds is 13. The molecule has 3 atom stereocenters. The highest BCUT2D eigenvalue weighted by Crippen LogP contribution is 2.47. The van der Waals surface area contributed by atoms with Gasteiger partial charge in [-0.25, -0.2) is 8.42 Å². The van der Waals surface area contributed by atoms with Crippen molar-refractivity contribution in [2.75, 3.05) is 18.4 Å². The maximum absolute atomic E-state index is 13.5. The number of anilines is 1. The van der Waals surface area contributed by atoms with E-state index in [1.165, 1.54) is 0 Å². The number of allylic oxidation sites excluding steroid dienone is 1. The lowest BCUT2D eigenvalue weighted by molar-refractivity contribution is -0.138. The first-order valence-corrected chi connectivity index (χ1v) is 15.2. The predicted octanol–water partition coefficient (Wildman–Crippen LogP) is 3.10. The first-order chi connectivity index (χ1) is 18.1. The minimum atomic E-state index is -3.85. The molecule has 0 unspecified atom stereocenters. The molecule has 4 rings (SSSR count). The van der Waals surface area contributed by atoms with Crippen molar-refractivity contribution in [2.24, 2.45) is 5.92 Å². The first kappa shape index (κ1) is 28.1. The second-order valence-corrected chi connectivity index (χ2v) is 13.2. The number of carbonyl (C=O) groups excluding carboxylic acids is 3. The molecule has 3 amide bonds. The van der Waals surface area contributed by atoms with Crippen molar-refractivity contribution < 1.29 is 22.8 Å². The lowest BCUT2D eigenvalue weighted by Gasteiger charge is -2.27. The summed E-state index contributed by atoms with van der Waals surface area (Å²) in [6.07, 6.45) is 10.6. The standard InChI is InChI=1S/C28H40N4O5S/c1-3-4-5-6-8-12-21-19-28(21,26(35)31-38(36,37)27(2)16-17-27)30-25(34)23-15-11-18-32(23)24(33)20-29-22-13-9-7-10-14-22/h7-10,12-14,21,23,29H,3-6,11,15-20H2,1-2H3,(H,30,34)(H,31,35)/b12-8-/t21-,23+,28-/m1/s1. The van der Waals surface area contributed by atoms with Gasteiger partial charge in [-0.2, -0.15) is 0 Å². The Morgan fingerprint density at radius 1 is 1.13 bits per heavy atom. The predicted molar refractivity (Wildman–Crippen MR) is 147 cm³/mol. The molecule has 1 aromatic carbocycles. The molecule has 3 N–H and O–H groups in total. The Bertz CT molecular complexity index is 1160. The molecule has 38 heavy (non-hydrogen) atoms. The van der Waals surface area contributed by atoms with Crippen LogP contribution in [0.2, 0.25) is 0 Å². The normalized spacial score (nSPS) is 25.7. The van der Waals surface area contributed by atoms with Crippen LogP contribution < -0.4 is 15.4 Å². The van der Waals surface area contributed by atoms with E-state index in [1.54, 1.807) is 11.8 Å². The molecule has 0 aromatic heterocycles. The van der Waals surface area contributed by atoms with Crippen molar-refractivity contribution in [1.82, 2.24) is 14.9 Å². The Hall–Kier alpha value is -2.88. The third-order valence-corrected chi connectivity index (χ3v) is 10.2. The van der Waals surface area contributed by atoms with E-state index in [9.17, 15) is 22.8 Å². The van der Waals surface area contributed by atoms with Crippen LogP contribution in [0.1, 0.15) is 71.6 Å². The molecule has 0 bridgehead atoms. The van der Waals surface area contributed by atoms with Gasteiger partial charge in [0.2, 0.25) is 21.8 Å². The van der Waals surface area contributed by atoms with E-state index in [-0.39, 0.29) is 18.4 Å². The van der Waals surface area contributed by atoms with Crippen LogP contribution >= 0.6 is 0 Å². The summed E-state index contributed by atoms with van der Waals surface area (Å²) in [4.78, 5) is 41.3. The molecule has 0 spiro atoms. The number of nitrogens with zero attached hydrogens (tertiary/aromatic N) is 1. The van der Waals surface area contributed by atoms with Gasteiger partial charge in [-0.15, -0.1) is 0 Å². The van der Waals surface area contributed by atoms with Crippen LogP contribution in [0.25, 0.3) is 0 Å². The zero-order chi connectivity index (χ0) is 27.4. The van der Waals surface area contributed by atoms with E-state index in [2.05, 4.69) is 22.3 Å². The lowest BCUT2D eigenvalue weighted by atomic mass is 10.1. The fraction of sp³-hybridized carbons (Fsp3) is 0.607. The number of amides is 3. The number of benzene rings is 1. The largest absolute Gasteiger partial charge is 0.376 e. The van der Waals surface area contributed by atoms with Gasteiger partial charge in [-0.05, 0) is 64.0 Å². The number of carbonyl (C=O) groups is 3. The highest BCUT2D eigenvalue weighted by Gasteiger charge is 2.62. The molecule has 3 aliphatic rings. The van der Waals surface area contributed by atoms with Crippen molar-refractivity contribution in [2.45, 2.75) is 88.0 Å². The molecule has 208 valence electrons. The average Bonchev–Trinajstić information content (AvgIpc) is 3.75. The fourth-order valence-corrected chi connectivity index (χ4v) is 6.32. The van der Waals surface area contributed by atoms with Crippen molar-refractivity contribution >= 4 is 33.4 Å². The zero-order valence-electron chi connectivity index (χ0n) is 22.4. The van der Waals surface area contributed by atoms with Crippen LogP contribution in [0, 0.1) is 5.92 Å². The van der Waals surface area contributed by atoms with Crippen LogP contribution in [0.4, 0.5) is 5.69 Å². The van der Waals surface area contributed by atoms with Crippen LogP contribution in [0.5, 0.6) is 0 Å². The molecular formula is C28H40N4O5S. The second-order valence-electron chi connectivity index (χ2n) is 11.0. The Balaban J connectivity index is 1.43. The summed E-state index contributed by atoms with van der Waals surface area (Å²) in [6.45, 7) is 4.27. The van der Waals surface area contributed by atoms with Crippen LogP contribution in [0.3, 0.4) is 0 Å². The third-order valence-electron chi connectivity index (χ3n) is 8.03. The smallest absolute Gasteiger partial charge is 0.259 e. The Morgan fingerprint density at radius 3 is 2.55 bits per heavy atom. The summed E-state index contributed by atoms with van der Waals surface area (Å²) in [5, 5.41) is 5.97. The highest BCUT2D eigenvalue weighted by molar-refractivity contribution is 7.91. The highest BCUT2D eigenvalue weighted by atomic mass is 32.2. The molecule has 2 saturated carbocycles. The van der Waals surface area contributed by atoms with Crippen molar-refractivity contribution in [3.05, 3.63) is 42.5 Å². The number of likely N-dealkylation sites (tertiary alicyclic amines) is 1. The Morgan fingerprint density at radius 2 is 1.87 bits per heavy atom.